The average molecular weight is 451 g/mol. The van der Waals surface area contributed by atoms with Crippen LogP contribution in [0.4, 0.5) is 0 Å². The van der Waals surface area contributed by atoms with Crippen molar-refractivity contribution in [3.8, 4) is 0 Å². The number of benzene rings is 2. The van der Waals surface area contributed by atoms with E-state index in [2.05, 4.69) is 17.0 Å². The molecule has 1 aliphatic heterocycles. The van der Waals surface area contributed by atoms with Gasteiger partial charge in [0.05, 0.1) is 41.8 Å². The Hall–Kier alpha value is -1.63. The van der Waals surface area contributed by atoms with Crippen molar-refractivity contribution in [3.05, 3.63) is 69.7 Å². The highest BCUT2D eigenvalue weighted by molar-refractivity contribution is 6.42. The number of amides is 1. The number of carbonyl (C=O) groups is 1. The molecule has 2 unspecified atom stereocenters. The van der Waals surface area contributed by atoms with E-state index >= 15 is 0 Å². The van der Waals surface area contributed by atoms with Gasteiger partial charge >= 0.3 is 0 Å². The van der Waals surface area contributed by atoms with E-state index in [0.29, 0.717) is 16.7 Å². The number of rotatable bonds is 9. The second-order valence-corrected chi connectivity index (χ2v) is 8.44. The Morgan fingerprint density at radius 1 is 1.23 bits per heavy atom. The van der Waals surface area contributed by atoms with Gasteiger partial charge < -0.3 is 14.7 Å². The lowest BCUT2D eigenvalue weighted by molar-refractivity contribution is -0.131. The maximum Gasteiger partial charge on any atom is 0.227 e. The Morgan fingerprint density at radius 2 is 2.00 bits per heavy atom. The van der Waals surface area contributed by atoms with Crippen LogP contribution in [0.5, 0.6) is 0 Å². The highest BCUT2D eigenvalue weighted by Crippen LogP contribution is 2.26. The summed E-state index contributed by atoms with van der Waals surface area (Å²) in [5.74, 6) is 0.0227. The second kappa shape index (κ2) is 11.1. The Balaban J connectivity index is 1.70. The van der Waals surface area contributed by atoms with E-state index in [-0.39, 0.29) is 31.1 Å². The third kappa shape index (κ3) is 6.19. The summed E-state index contributed by atoms with van der Waals surface area (Å²) in [5.41, 5.74) is 1.94. The van der Waals surface area contributed by atoms with Gasteiger partial charge in [0, 0.05) is 26.7 Å². The van der Waals surface area contributed by atoms with E-state index in [9.17, 15) is 4.79 Å². The molecule has 30 heavy (non-hydrogen) atoms. The van der Waals surface area contributed by atoms with Crippen molar-refractivity contribution < 1.29 is 14.6 Å². The van der Waals surface area contributed by atoms with Crippen molar-refractivity contribution in [2.45, 2.75) is 25.0 Å². The van der Waals surface area contributed by atoms with Gasteiger partial charge in [0.1, 0.15) is 0 Å². The molecule has 2 atom stereocenters. The van der Waals surface area contributed by atoms with Crippen molar-refractivity contribution >= 4 is 29.1 Å². The number of aliphatic hydroxyl groups excluding tert-OH is 1. The van der Waals surface area contributed by atoms with E-state index in [1.54, 1.807) is 12.1 Å². The van der Waals surface area contributed by atoms with Crippen molar-refractivity contribution in [2.75, 3.05) is 39.9 Å². The molecule has 2 aromatic carbocycles. The number of hydrogen-bond acceptors (Lipinski definition) is 4. The van der Waals surface area contributed by atoms with Crippen molar-refractivity contribution in [3.63, 3.8) is 0 Å². The molecule has 0 spiro atoms. The summed E-state index contributed by atoms with van der Waals surface area (Å²) < 4.78 is 5.68. The summed E-state index contributed by atoms with van der Waals surface area (Å²) >= 11 is 12.1. The van der Waals surface area contributed by atoms with Gasteiger partial charge in [-0.3, -0.25) is 9.69 Å². The Labute approximate surface area is 188 Å². The van der Waals surface area contributed by atoms with Crippen LogP contribution in [0.15, 0.2) is 48.5 Å². The number of hydrogen-bond donors (Lipinski definition) is 1. The van der Waals surface area contributed by atoms with E-state index in [1.807, 2.05) is 36.2 Å². The number of aliphatic hydroxyl groups is 1. The molecule has 0 bridgehead atoms. The average Bonchev–Trinajstić information content (AvgIpc) is 3.20. The van der Waals surface area contributed by atoms with Gasteiger partial charge in [0.15, 0.2) is 0 Å². The van der Waals surface area contributed by atoms with Gasteiger partial charge in [-0.2, -0.15) is 0 Å². The highest BCUT2D eigenvalue weighted by atomic mass is 35.5. The zero-order valence-corrected chi connectivity index (χ0v) is 18.6. The van der Waals surface area contributed by atoms with E-state index in [0.717, 1.165) is 37.2 Å². The lowest BCUT2D eigenvalue weighted by atomic mass is 10.0. The zero-order chi connectivity index (χ0) is 21.5. The van der Waals surface area contributed by atoms with Gasteiger partial charge in [-0.25, -0.2) is 0 Å². The maximum absolute atomic E-state index is 13.1. The molecule has 1 amide bonds. The number of halogens is 2. The van der Waals surface area contributed by atoms with Crippen LogP contribution >= 0.6 is 23.2 Å². The molecule has 1 N–H and O–H groups in total. The first-order valence-corrected chi connectivity index (χ1v) is 10.9. The minimum atomic E-state index is -0.0712. The molecule has 0 radical (unpaired) electrons. The highest BCUT2D eigenvalue weighted by Gasteiger charge is 2.29. The largest absolute Gasteiger partial charge is 0.394 e. The monoisotopic (exact) mass is 450 g/mol. The summed E-state index contributed by atoms with van der Waals surface area (Å²) in [6, 6.07) is 15.3. The van der Waals surface area contributed by atoms with Crippen LogP contribution in [0.1, 0.15) is 23.6 Å². The summed E-state index contributed by atoms with van der Waals surface area (Å²) in [6.45, 7) is 2.84. The van der Waals surface area contributed by atoms with Crippen molar-refractivity contribution in [1.82, 2.24) is 9.80 Å². The van der Waals surface area contributed by atoms with E-state index < -0.39 is 0 Å². The quantitative estimate of drug-likeness (QED) is 0.630. The first-order chi connectivity index (χ1) is 14.5. The lowest BCUT2D eigenvalue weighted by Crippen LogP contribution is -2.39. The predicted octanol–water partition coefficient (Wildman–Crippen LogP) is 3.82. The standard InChI is InChI=1S/C23H28Cl2N2O3/c1-26(23(29)14-17-7-8-20(24)21(25)13-17)22(18-5-3-2-4-6-18)16-27-10-9-19(15-27)30-12-11-28/h2-8,13,19,22,28H,9-12,14-16H2,1H3. The van der Waals surface area contributed by atoms with Gasteiger partial charge in [0.2, 0.25) is 5.91 Å². The van der Waals surface area contributed by atoms with Crippen molar-refractivity contribution in [2.24, 2.45) is 0 Å². The SMILES string of the molecule is CN(C(=O)Cc1ccc(Cl)c(Cl)c1)C(CN1CCC(OCCO)C1)c1ccccc1. The van der Waals surface area contributed by atoms with E-state index in [4.69, 9.17) is 33.0 Å². The maximum atomic E-state index is 13.1. The number of carbonyl (C=O) groups excluding carboxylic acids is 1. The molecule has 2 aromatic rings. The molecule has 0 aliphatic carbocycles. The molecule has 1 aliphatic rings. The summed E-state index contributed by atoms with van der Waals surface area (Å²) in [7, 11) is 1.85. The molecular formula is C23H28Cl2N2O3. The van der Waals surface area contributed by atoms with Crippen LogP contribution in [0.25, 0.3) is 0 Å². The molecule has 7 heteroatoms. The number of likely N-dealkylation sites (tertiary alicyclic amines) is 1. The molecule has 0 aromatic heterocycles. The molecule has 1 fully saturated rings. The third-order valence-corrected chi connectivity index (χ3v) is 6.23. The molecule has 1 saturated heterocycles. The molecule has 1 heterocycles. The molecule has 5 nitrogen and oxygen atoms in total. The van der Waals surface area contributed by atoms with Crippen LogP contribution in [-0.4, -0.2) is 66.8 Å². The van der Waals surface area contributed by atoms with E-state index in [1.165, 1.54) is 0 Å². The molecule has 0 saturated carbocycles. The fourth-order valence-corrected chi connectivity index (χ4v) is 4.13. The third-order valence-electron chi connectivity index (χ3n) is 5.49. The summed E-state index contributed by atoms with van der Waals surface area (Å²) in [4.78, 5) is 17.2. The first-order valence-electron chi connectivity index (χ1n) is 10.2. The van der Waals surface area contributed by atoms with Crippen LogP contribution in [-0.2, 0) is 16.0 Å². The Bertz CT molecular complexity index is 834. The Kier molecular flexibility index (Phi) is 8.54. The molecule has 162 valence electrons. The zero-order valence-electron chi connectivity index (χ0n) is 17.1. The van der Waals surface area contributed by atoms with Gasteiger partial charge in [0.25, 0.3) is 0 Å². The topological polar surface area (TPSA) is 53.0 Å². The number of likely N-dealkylation sites (N-methyl/N-ethyl adjacent to an activating group) is 1. The van der Waals surface area contributed by atoms with Gasteiger partial charge in [-0.05, 0) is 29.7 Å². The smallest absolute Gasteiger partial charge is 0.227 e. The normalized spacial score (nSPS) is 17.8. The van der Waals surface area contributed by atoms with Crippen LogP contribution in [0, 0.1) is 0 Å². The van der Waals surface area contributed by atoms with Crippen LogP contribution in [0.3, 0.4) is 0 Å². The second-order valence-electron chi connectivity index (χ2n) is 7.62. The number of ether oxygens (including phenoxy) is 1. The van der Waals surface area contributed by atoms with Crippen LogP contribution < -0.4 is 0 Å². The number of nitrogens with zero attached hydrogens (tertiary/aromatic N) is 2. The molecular weight excluding hydrogens is 423 g/mol. The first kappa shape index (κ1) is 23.0. The van der Waals surface area contributed by atoms with Gasteiger partial charge in [-0.15, -0.1) is 0 Å². The minimum absolute atomic E-state index is 0.0227. The van der Waals surface area contributed by atoms with Crippen LogP contribution in [0.2, 0.25) is 10.0 Å². The fraction of sp³-hybridized carbons (Fsp3) is 0.435. The summed E-state index contributed by atoms with van der Waals surface area (Å²) in [5, 5.41) is 9.91. The fourth-order valence-electron chi connectivity index (χ4n) is 3.81. The van der Waals surface area contributed by atoms with Crippen molar-refractivity contribution in [1.29, 1.82) is 0 Å². The summed E-state index contributed by atoms with van der Waals surface area (Å²) in [6.07, 6.45) is 1.33. The lowest BCUT2D eigenvalue weighted by Gasteiger charge is -2.32. The Morgan fingerprint density at radius 3 is 2.70 bits per heavy atom. The minimum Gasteiger partial charge on any atom is -0.394 e. The van der Waals surface area contributed by atoms with Gasteiger partial charge in [-0.1, -0.05) is 59.6 Å². The predicted molar refractivity (Wildman–Crippen MR) is 120 cm³/mol. The molecule has 3 rings (SSSR count).